The molecular weight excluding hydrogens is 298 g/mol. The van der Waals surface area contributed by atoms with Crippen LogP contribution in [0.25, 0.3) is 0 Å². The predicted octanol–water partition coefficient (Wildman–Crippen LogP) is 2.79. The molecule has 2 atom stereocenters. The quantitative estimate of drug-likeness (QED) is 0.277. The van der Waals surface area contributed by atoms with Crippen molar-refractivity contribution < 1.29 is 0 Å². The molecule has 0 aromatic carbocycles. The van der Waals surface area contributed by atoms with E-state index < -0.39 is 0 Å². The van der Waals surface area contributed by atoms with E-state index in [1.54, 1.807) is 0 Å². The fourth-order valence-corrected chi connectivity index (χ4v) is 2.83. The van der Waals surface area contributed by atoms with Crippen LogP contribution in [-0.4, -0.2) is 48.3 Å². The van der Waals surface area contributed by atoms with Crippen LogP contribution < -0.4 is 11.1 Å². The van der Waals surface area contributed by atoms with E-state index in [2.05, 4.69) is 29.1 Å². The average Bonchev–Trinajstić information content (AvgIpc) is 2.56. The van der Waals surface area contributed by atoms with E-state index in [-0.39, 0.29) is 5.38 Å². The van der Waals surface area contributed by atoms with E-state index in [0.717, 1.165) is 38.9 Å². The largest absolute Gasteiger partial charge is 0.370 e. The number of halogens is 1. The lowest BCUT2D eigenvalue weighted by atomic mass is 10.00. The van der Waals surface area contributed by atoms with Crippen molar-refractivity contribution in [3.05, 3.63) is 0 Å². The van der Waals surface area contributed by atoms with E-state index >= 15 is 0 Å². The number of piperidine rings is 1. The van der Waals surface area contributed by atoms with Gasteiger partial charge in [0, 0.05) is 25.0 Å². The number of nitrogens with two attached hydrogens (primary N) is 1. The maximum absolute atomic E-state index is 8.04. The van der Waals surface area contributed by atoms with Gasteiger partial charge in [-0.25, -0.2) is 4.99 Å². The second-order valence-corrected chi connectivity index (χ2v) is 6.73. The molecule has 1 fully saturated rings. The fraction of sp³-hybridized carbons (Fsp3) is 0.875. The normalized spacial score (nSPS) is 18.9. The van der Waals surface area contributed by atoms with Crippen molar-refractivity contribution in [1.29, 1.82) is 5.41 Å². The number of likely N-dealkylation sites (tertiary alicyclic amines) is 1. The molecule has 1 aliphatic rings. The highest BCUT2D eigenvalue weighted by Gasteiger charge is 2.13. The topological polar surface area (TPSA) is 77.5 Å². The van der Waals surface area contributed by atoms with Crippen molar-refractivity contribution in [1.82, 2.24) is 10.2 Å². The van der Waals surface area contributed by atoms with Crippen molar-refractivity contribution >= 4 is 23.4 Å². The highest BCUT2D eigenvalue weighted by Crippen LogP contribution is 2.18. The minimum absolute atomic E-state index is 0.260. The van der Waals surface area contributed by atoms with Crippen molar-refractivity contribution in [2.45, 2.75) is 57.7 Å². The molecule has 1 rings (SSSR count). The maximum atomic E-state index is 8.04. The van der Waals surface area contributed by atoms with Gasteiger partial charge in [-0.15, -0.1) is 11.6 Å². The SMILES string of the molecule is CCC(Cl)C(C)CCCNC(N)=NCC(=N)N1CCCCC1. The van der Waals surface area contributed by atoms with Crippen LogP contribution in [0.2, 0.25) is 0 Å². The molecule has 0 bridgehead atoms. The van der Waals surface area contributed by atoms with Gasteiger partial charge in [0.05, 0.1) is 6.54 Å². The van der Waals surface area contributed by atoms with Crippen molar-refractivity contribution in [3.63, 3.8) is 0 Å². The van der Waals surface area contributed by atoms with Crippen LogP contribution in [0, 0.1) is 11.3 Å². The second-order valence-electron chi connectivity index (χ2n) is 6.17. The number of aliphatic imine (C=N–C) groups is 1. The summed E-state index contributed by atoms with van der Waals surface area (Å²) in [5, 5.41) is 11.4. The molecule has 0 spiro atoms. The smallest absolute Gasteiger partial charge is 0.189 e. The Morgan fingerprint density at radius 3 is 2.68 bits per heavy atom. The minimum Gasteiger partial charge on any atom is -0.370 e. The summed E-state index contributed by atoms with van der Waals surface area (Å²) in [6.07, 6.45) is 6.76. The summed E-state index contributed by atoms with van der Waals surface area (Å²) < 4.78 is 0. The number of hydrogen-bond donors (Lipinski definition) is 3. The van der Waals surface area contributed by atoms with Gasteiger partial charge < -0.3 is 16.0 Å². The van der Waals surface area contributed by atoms with Gasteiger partial charge >= 0.3 is 0 Å². The van der Waals surface area contributed by atoms with E-state index in [4.69, 9.17) is 22.7 Å². The Labute approximate surface area is 140 Å². The lowest BCUT2D eigenvalue weighted by Gasteiger charge is -2.28. The first-order valence-corrected chi connectivity index (χ1v) is 8.98. The third-order valence-electron chi connectivity index (χ3n) is 4.29. The Hall–Kier alpha value is -0.970. The Morgan fingerprint density at radius 1 is 1.36 bits per heavy atom. The van der Waals surface area contributed by atoms with Crippen LogP contribution in [0.1, 0.15) is 52.4 Å². The lowest BCUT2D eigenvalue weighted by Crippen LogP contribution is -2.38. The minimum atomic E-state index is 0.260. The van der Waals surface area contributed by atoms with Crippen LogP contribution in [-0.2, 0) is 0 Å². The summed E-state index contributed by atoms with van der Waals surface area (Å²) in [6, 6.07) is 0. The number of alkyl halides is 1. The van der Waals surface area contributed by atoms with Crippen LogP contribution in [0.3, 0.4) is 0 Å². The summed E-state index contributed by atoms with van der Waals surface area (Å²) in [7, 11) is 0. The molecule has 6 heteroatoms. The highest BCUT2D eigenvalue weighted by molar-refractivity contribution is 6.20. The molecule has 2 unspecified atom stereocenters. The summed E-state index contributed by atoms with van der Waals surface area (Å²) >= 11 is 6.22. The Bertz CT molecular complexity index is 352. The van der Waals surface area contributed by atoms with E-state index in [0.29, 0.717) is 24.3 Å². The predicted molar refractivity (Wildman–Crippen MR) is 96.0 cm³/mol. The van der Waals surface area contributed by atoms with Gasteiger partial charge in [0.2, 0.25) is 0 Å². The van der Waals surface area contributed by atoms with Gasteiger partial charge in [0.25, 0.3) is 0 Å². The highest BCUT2D eigenvalue weighted by atomic mass is 35.5. The molecule has 0 radical (unpaired) electrons. The monoisotopic (exact) mass is 329 g/mol. The molecule has 5 nitrogen and oxygen atoms in total. The van der Waals surface area contributed by atoms with Gasteiger partial charge in [-0.05, 0) is 44.4 Å². The summed E-state index contributed by atoms with van der Waals surface area (Å²) in [4.78, 5) is 6.36. The Balaban J connectivity index is 2.16. The molecule has 1 heterocycles. The average molecular weight is 330 g/mol. The van der Waals surface area contributed by atoms with Crippen molar-refractivity contribution in [2.75, 3.05) is 26.2 Å². The number of guanidine groups is 1. The zero-order valence-electron chi connectivity index (χ0n) is 14.1. The number of nitrogens with one attached hydrogen (secondary N) is 2. The van der Waals surface area contributed by atoms with Gasteiger partial charge in [-0.3, -0.25) is 5.41 Å². The third-order valence-corrected chi connectivity index (χ3v) is 5.03. The Morgan fingerprint density at radius 2 is 2.05 bits per heavy atom. The lowest BCUT2D eigenvalue weighted by molar-refractivity contribution is 0.337. The molecule has 128 valence electrons. The standard InChI is InChI=1S/C16H32ClN5/c1-3-14(17)13(2)8-7-9-20-16(19)21-12-15(18)22-10-5-4-6-11-22/h13-14,18H,3-12H2,1-2H3,(H3,19,20,21). The molecule has 0 amide bonds. The van der Waals surface area contributed by atoms with Crippen LogP contribution in [0.4, 0.5) is 0 Å². The number of nitrogens with zero attached hydrogens (tertiary/aromatic N) is 2. The molecule has 0 aromatic heterocycles. The second kappa shape index (κ2) is 10.7. The number of rotatable bonds is 8. The summed E-state index contributed by atoms with van der Waals surface area (Å²) in [5.41, 5.74) is 5.85. The molecule has 0 aliphatic carbocycles. The first-order chi connectivity index (χ1) is 10.5. The zero-order valence-corrected chi connectivity index (χ0v) is 14.8. The molecule has 0 saturated carbocycles. The van der Waals surface area contributed by atoms with Crippen LogP contribution >= 0.6 is 11.6 Å². The maximum Gasteiger partial charge on any atom is 0.189 e. The van der Waals surface area contributed by atoms with Crippen molar-refractivity contribution in [2.24, 2.45) is 16.6 Å². The summed E-state index contributed by atoms with van der Waals surface area (Å²) in [6.45, 7) is 7.46. The van der Waals surface area contributed by atoms with Crippen LogP contribution in [0.5, 0.6) is 0 Å². The molecule has 4 N–H and O–H groups in total. The molecular formula is C16H32ClN5. The van der Waals surface area contributed by atoms with E-state index in [1.807, 2.05) is 0 Å². The number of hydrogen-bond acceptors (Lipinski definition) is 2. The molecule has 1 saturated heterocycles. The van der Waals surface area contributed by atoms with Crippen molar-refractivity contribution in [3.8, 4) is 0 Å². The molecule has 22 heavy (non-hydrogen) atoms. The van der Waals surface area contributed by atoms with E-state index in [1.165, 1.54) is 19.3 Å². The fourth-order valence-electron chi connectivity index (χ4n) is 2.70. The molecule has 0 aromatic rings. The first-order valence-electron chi connectivity index (χ1n) is 8.54. The number of amidine groups is 1. The third kappa shape index (κ3) is 7.34. The van der Waals surface area contributed by atoms with Gasteiger partial charge in [-0.1, -0.05) is 13.8 Å². The zero-order chi connectivity index (χ0) is 16.4. The van der Waals surface area contributed by atoms with Gasteiger partial charge in [0.1, 0.15) is 5.84 Å². The Kier molecular flexibility index (Phi) is 9.28. The first kappa shape index (κ1) is 19.1. The summed E-state index contributed by atoms with van der Waals surface area (Å²) in [5.74, 6) is 1.54. The molecule has 1 aliphatic heterocycles. The van der Waals surface area contributed by atoms with Gasteiger partial charge in [-0.2, -0.15) is 0 Å². The van der Waals surface area contributed by atoms with Gasteiger partial charge in [0.15, 0.2) is 5.96 Å². The van der Waals surface area contributed by atoms with Crippen LogP contribution in [0.15, 0.2) is 4.99 Å². The van der Waals surface area contributed by atoms with E-state index in [9.17, 15) is 0 Å².